The van der Waals surface area contributed by atoms with Crippen molar-refractivity contribution in [2.75, 3.05) is 0 Å². The number of hydrogen-bond acceptors (Lipinski definition) is 2. The van der Waals surface area contributed by atoms with E-state index in [2.05, 4.69) is 9.72 Å². The smallest absolute Gasteiger partial charge is 0.406 e. The third-order valence-electron chi connectivity index (χ3n) is 2.82. The quantitative estimate of drug-likeness (QED) is 0.594. The zero-order valence-electron chi connectivity index (χ0n) is 9.91. The molecule has 0 amide bonds. The van der Waals surface area contributed by atoms with E-state index in [4.69, 9.17) is 11.6 Å². The summed E-state index contributed by atoms with van der Waals surface area (Å²) in [4.78, 5) is 4.30. The van der Waals surface area contributed by atoms with Gasteiger partial charge < -0.3 is 4.74 Å². The van der Waals surface area contributed by atoms with Gasteiger partial charge >= 0.3 is 6.36 Å². The standard InChI is InChI=1S/C14H7ClF3NO/c15-13-9-3-1-2-4-11(9)19-12-7-8(5-6-10(12)13)20-14(16,17)18/h1-7H. The first-order valence-electron chi connectivity index (χ1n) is 5.68. The van der Waals surface area contributed by atoms with Crippen LogP contribution in [-0.2, 0) is 0 Å². The molecular formula is C14H7ClF3NO. The lowest BCUT2D eigenvalue weighted by atomic mass is 10.1. The predicted octanol–water partition coefficient (Wildman–Crippen LogP) is 4.94. The van der Waals surface area contributed by atoms with Gasteiger partial charge in [0.25, 0.3) is 0 Å². The van der Waals surface area contributed by atoms with Crippen LogP contribution in [0.3, 0.4) is 0 Å². The maximum absolute atomic E-state index is 12.2. The molecule has 0 bridgehead atoms. The van der Waals surface area contributed by atoms with Gasteiger partial charge in [0.15, 0.2) is 0 Å². The largest absolute Gasteiger partial charge is 0.573 e. The minimum Gasteiger partial charge on any atom is -0.406 e. The number of para-hydroxylation sites is 1. The Balaban J connectivity index is 2.22. The van der Waals surface area contributed by atoms with Crippen LogP contribution in [0.2, 0.25) is 5.02 Å². The molecule has 0 saturated heterocycles. The summed E-state index contributed by atoms with van der Waals surface area (Å²) in [6.07, 6.45) is -4.73. The summed E-state index contributed by atoms with van der Waals surface area (Å²) >= 11 is 6.26. The summed E-state index contributed by atoms with van der Waals surface area (Å²) < 4.78 is 40.5. The zero-order chi connectivity index (χ0) is 14.3. The van der Waals surface area contributed by atoms with Crippen molar-refractivity contribution in [2.45, 2.75) is 6.36 Å². The lowest BCUT2D eigenvalue weighted by molar-refractivity contribution is -0.274. The molecule has 2 nitrogen and oxygen atoms in total. The van der Waals surface area contributed by atoms with Gasteiger partial charge in [-0.15, -0.1) is 13.2 Å². The lowest BCUT2D eigenvalue weighted by Crippen LogP contribution is -2.17. The van der Waals surface area contributed by atoms with Crippen molar-refractivity contribution in [1.29, 1.82) is 0 Å². The van der Waals surface area contributed by atoms with Crippen molar-refractivity contribution >= 4 is 33.4 Å². The van der Waals surface area contributed by atoms with Crippen LogP contribution < -0.4 is 4.74 Å². The highest BCUT2D eigenvalue weighted by molar-refractivity contribution is 6.40. The van der Waals surface area contributed by atoms with Gasteiger partial charge in [0.2, 0.25) is 0 Å². The van der Waals surface area contributed by atoms with E-state index in [1.807, 2.05) is 12.1 Å². The molecule has 0 aliphatic rings. The highest BCUT2D eigenvalue weighted by atomic mass is 35.5. The summed E-state index contributed by atoms with van der Waals surface area (Å²) in [6.45, 7) is 0. The molecule has 3 rings (SSSR count). The number of fused-ring (bicyclic) bond motifs is 2. The number of hydrogen-bond donors (Lipinski definition) is 0. The molecule has 0 aliphatic heterocycles. The average Bonchev–Trinajstić information content (AvgIpc) is 2.37. The van der Waals surface area contributed by atoms with Crippen LogP contribution in [0.1, 0.15) is 0 Å². The monoisotopic (exact) mass is 297 g/mol. The molecule has 1 heterocycles. The molecule has 0 radical (unpaired) electrons. The van der Waals surface area contributed by atoms with Gasteiger partial charge in [-0.3, -0.25) is 0 Å². The number of nitrogens with zero attached hydrogens (tertiary/aromatic N) is 1. The summed E-state index contributed by atoms with van der Waals surface area (Å²) in [5.41, 5.74) is 0.976. The Morgan fingerprint density at radius 2 is 1.65 bits per heavy atom. The molecular weight excluding hydrogens is 291 g/mol. The molecule has 0 N–H and O–H groups in total. The van der Waals surface area contributed by atoms with Crippen LogP contribution in [0.15, 0.2) is 42.5 Å². The minimum absolute atomic E-state index is 0.316. The molecule has 1 aromatic heterocycles. The van der Waals surface area contributed by atoms with Crippen LogP contribution in [0.5, 0.6) is 5.75 Å². The number of alkyl halides is 3. The van der Waals surface area contributed by atoms with Crippen LogP contribution in [-0.4, -0.2) is 11.3 Å². The van der Waals surface area contributed by atoms with E-state index in [-0.39, 0.29) is 5.75 Å². The molecule has 0 aliphatic carbocycles. The second-order valence-electron chi connectivity index (χ2n) is 4.17. The third kappa shape index (κ3) is 2.36. The fraction of sp³-hybridized carbons (Fsp3) is 0.0714. The average molecular weight is 298 g/mol. The highest BCUT2D eigenvalue weighted by Crippen LogP contribution is 2.33. The molecule has 3 aromatic rings. The number of aromatic nitrogens is 1. The van der Waals surface area contributed by atoms with Crippen molar-refractivity contribution in [1.82, 2.24) is 4.98 Å². The highest BCUT2D eigenvalue weighted by Gasteiger charge is 2.31. The van der Waals surface area contributed by atoms with Crippen LogP contribution in [0, 0.1) is 0 Å². The zero-order valence-corrected chi connectivity index (χ0v) is 10.7. The number of ether oxygens (including phenoxy) is 1. The van der Waals surface area contributed by atoms with Crippen LogP contribution in [0.25, 0.3) is 21.8 Å². The lowest BCUT2D eigenvalue weighted by Gasteiger charge is -2.10. The van der Waals surface area contributed by atoms with Crippen LogP contribution >= 0.6 is 11.6 Å². The molecule has 0 atom stereocenters. The summed E-state index contributed by atoms with van der Waals surface area (Å²) in [5, 5.41) is 1.80. The number of benzene rings is 2. The minimum atomic E-state index is -4.73. The van der Waals surface area contributed by atoms with Gasteiger partial charge in [-0.25, -0.2) is 4.98 Å². The Labute approximate surface area is 116 Å². The van der Waals surface area contributed by atoms with Crippen LogP contribution in [0.4, 0.5) is 13.2 Å². The predicted molar refractivity (Wildman–Crippen MR) is 70.9 cm³/mol. The summed E-state index contributed by atoms with van der Waals surface area (Å²) in [6, 6.07) is 11.1. The topological polar surface area (TPSA) is 22.1 Å². The van der Waals surface area contributed by atoms with E-state index in [1.165, 1.54) is 18.2 Å². The maximum Gasteiger partial charge on any atom is 0.573 e. The van der Waals surface area contributed by atoms with Crippen molar-refractivity contribution in [3.05, 3.63) is 47.5 Å². The first-order valence-corrected chi connectivity index (χ1v) is 6.05. The van der Waals surface area contributed by atoms with E-state index >= 15 is 0 Å². The van der Waals surface area contributed by atoms with E-state index < -0.39 is 6.36 Å². The summed E-state index contributed by atoms with van der Waals surface area (Å²) in [7, 11) is 0. The molecule has 20 heavy (non-hydrogen) atoms. The Bertz CT molecular complexity index is 801. The second-order valence-corrected chi connectivity index (χ2v) is 4.55. The second kappa shape index (κ2) is 4.52. The van der Waals surface area contributed by atoms with E-state index in [9.17, 15) is 13.2 Å². The van der Waals surface area contributed by atoms with Gasteiger partial charge in [-0.2, -0.15) is 0 Å². The Hall–Kier alpha value is -2.01. The van der Waals surface area contributed by atoms with E-state index in [1.54, 1.807) is 12.1 Å². The fourth-order valence-corrected chi connectivity index (χ4v) is 2.34. The number of rotatable bonds is 1. The van der Waals surface area contributed by atoms with E-state index in [0.717, 1.165) is 5.39 Å². The maximum atomic E-state index is 12.2. The molecule has 102 valence electrons. The molecule has 2 aromatic carbocycles. The van der Waals surface area contributed by atoms with Gasteiger partial charge in [0, 0.05) is 16.8 Å². The Morgan fingerprint density at radius 1 is 0.950 bits per heavy atom. The van der Waals surface area contributed by atoms with Gasteiger partial charge in [0.1, 0.15) is 5.75 Å². The van der Waals surface area contributed by atoms with Crippen molar-refractivity contribution in [3.8, 4) is 5.75 Å². The van der Waals surface area contributed by atoms with Crippen molar-refractivity contribution < 1.29 is 17.9 Å². The Morgan fingerprint density at radius 3 is 2.40 bits per heavy atom. The van der Waals surface area contributed by atoms with Gasteiger partial charge in [-0.1, -0.05) is 29.8 Å². The van der Waals surface area contributed by atoms with Crippen molar-refractivity contribution in [2.24, 2.45) is 0 Å². The number of pyridine rings is 1. The first kappa shape index (κ1) is 13.0. The molecule has 0 unspecified atom stereocenters. The SMILES string of the molecule is FC(F)(F)Oc1ccc2c(Cl)c3ccccc3nc2c1. The molecule has 6 heteroatoms. The van der Waals surface area contributed by atoms with Gasteiger partial charge in [0.05, 0.1) is 16.1 Å². The summed E-state index contributed by atoms with van der Waals surface area (Å²) in [5.74, 6) is -0.316. The molecule has 0 saturated carbocycles. The molecule has 0 spiro atoms. The molecule has 0 fully saturated rings. The first-order chi connectivity index (χ1) is 9.44. The van der Waals surface area contributed by atoms with Gasteiger partial charge in [-0.05, 0) is 18.2 Å². The Kier molecular flexibility index (Phi) is 2.94. The third-order valence-corrected chi connectivity index (χ3v) is 3.23. The number of halogens is 4. The van der Waals surface area contributed by atoms with Crippen molar-refractivity contribution in [3.63, 3.8) is 0 Å². The fourth-order valence-electron chi connectivity index (χ4n) is 2.02. The normalized spacial score (nSPS) is 12.0. The van der Waals surface area contributed by atoms with E-state index in [0.29, 0.717) is 21.4 Å².